The standard InChI is InChI=1S/C4H6I2/c5-4(6)2-1-3-4/h1-3H2. The second kappa shape index (κ2) is 1.76. The summed E-state index contributed by atoms with van der Waals surface area (Å²) in [5, 5.41) is 0. The van der Waals surface area contributed by atoms with E-state index < -0.39 is 0 Å². The van der Waals surface area contributed by atoms with Crippen molar-refractivity contribution >= 4 is 45.2 Å². The molecule has 0 aliphatic heterocycles. The van der Waals surface area contributed by atoms with Crippen LogP contribution in [0.5, 0.6) is 0 Å². The Labute approximate surface area is 65.4 Å². The van der Waals surface area contributed by atoms with Crippen LogP contribution in [-0.4, -0.2) is 1.43 Å². The maximum Gasteiger partial charge on any atom is 0.0734 e. The number of alkyl halides is 2. The summed E-state index contributed by atoms with van der Waals surface area (Å²) in [7, 11) is 0. The fourth-order valence-corrected chi connectivity index (χ4v) is 1.97. The van der Waals surface area contributed by atoms with Crippen molar-refractivity contribution in [3.05, 3.63) is 0 Å². The van der Waals surface area contributed by atoms with Crippen LogP contribution in [0.2, 0.25) is 0 Å². The van der Waals surface area contributed by atoms with Gasteiger partial charge in [0.25, 0.3) is 0 Å². The monoisotopic (exact) mass is 308 g/mol. The third-order valence-electron chi connectivity index (χ3n) is 1.09. The molecule has 1 rings (SSSR count). The molecule has 0 nitrogen and oxygen atoms in total. The normalized spacial score (nSPS) is 29.0. The summed E-state index contributed by atoms with van der Waals surface area (Å²) < 4.78 is 0.662. The average molecular weight is 308 g/mol. The van der Waals surface area contributed by atoms with Gasteiger partial charge >= 0.3 is 0 Å². The van der Waals surface area contributed by atoms with Crippen LogP contribution in [0.4, 0.5) is 0 Å². The number of hydrogen-bond donors (Lipinski definition) is 0. The molecule has 0 bridgehead atoms. The summed E-state index contributed by atoms with van der Waals surface area (Å²) in [6.07, 6.45) is 4.30. The Balaban J connectivity index is 2.31. The first-order valence-corrected chi connectivity index (χ1v) is 4.24. The predicted octanol–water partition coefficient (Wildman–Crippen LogP) is 2.74. The molecule has 0 aromatic carbocycles. The molecule has 6 heavy (non-hydrogen) atoms. The lowest BCUT2D eigenvalue weighted by Gasteiger charge is -2.29. The highest BCUT2D eigenvalue weighted by molar-refractivity contribution is 14.2. The van der Waals surface area contributed by atoms with Crippen molar-refractivity contribution in [1.29, 1.82) is 0 Å². The third kappa shape index (κ3) is 1.21. The average Bonchev–Trinajstić information content (AvgIpc) is 1.32. The van der Waals surface area contributed by atoms with E-state index in [2.05, 4.69) is 45.2 Å². The molecule has 36 valence electrons. The fraction of sp³-hybridized carbons (Fsp3) is 1.00. The quantitative estimate of drug-likeness (QED) is 0.477. The van der Waals surface area contributed by atoms with Crippen LogP contribution in [-0.2, 0) is 0 Å². The van der Waals surface area contributed by atoms with E-state index in [9.17, 15) is 0 Å². The molecule has 0 unspecified atom stereocenters. The van der Waals surface area contributed by atoms with Gasteiger partial charge in [0.1, 0.15) is 0 Å². The van der Waals surface area contributed by atoms with E-state index in [4.69, 9.17) is 0 Å². The van der Waals surface area contributed by atoms with Crippen LogP contribution in [0, 0.1) is 0 Å². The van der Waals surface area contributed by atoms with E-state index in [0.717, 1.165) is 0 Å². The van der Waals surface area contributed by atoms with Crippen molar-refractivity contribution in [3.8, 4) is 0 Å². The van der Waals surface area contributed by atoms with Gasteiger partial charge in [-0.15, -0.1) is 0 Å². The van der Waals surface area contributed by atoms with Gasteiger partial charge in [-0.1, -0.05) is 45.2 Å². The minimum absolute atomic E-state index is 0.662. The Kier molecular flexibility index (Phi) is 1.64. The van der Waals surface area contributed by atoms with Gasteiger partial charge < -0.3 is 0 Å². The summed E-state index contributed by atoms with van der Waals surface area (Å²) in [6, 6.07) is 0. The van der Waals surface area contributed by atoms with E-state index >= 15 is 0 Å². The maximum absolute atomic E-state index is 2.51. The van der Waals surface area contributed by atoms with Crippen molar-refractivity contribution in [1.82, 2.24) is 0 Å². The molecule has 0 atom stereocenters. The SMILES string of the molecule is IC1(I)CCC1. The predicted molar refractivity (Wildman–Crippen MR) is 44.6 cm³/mol. The van der Waals surface area contributed by atoms with Crippen LogP contribution in [0.1, 0.15) is 19.3 Å². The van der Waals surface area contributed by atoms with Crippen molar-refractivity contribution in [2.24, 2.45) is 0 Å². The Hall–Kier alpha value is 1.46. The summed E-state index contributed by atoms with van der Waals surface area (Å²) in [5.74, 6) is 0. The molecule has 1 fully saturated rings. The molecule has 0 saturated heterocycles. The number of rotatable bonds is 0. The van der Waals surface area contributed by atoms with E-state index in [0.29, 0.717) is 1.43 Å². The fourth-order valence-electron chi connectivity index (χ4n) is 0.444. The first-order valence-electron chi connectivity index (χ1n) is 2.09. The summed E-state index contributed by atoms with van der Waals surface area (Å²) in [4.78, 5) is 0. The van der Waals surface area contributed by atoms with Crippen LogP contribution < -0.4 is 0 Å². The van der Waals surface area contributed by atoms with Crippen molar-refractivity contribution in [3.63, 3.8) is 0 Å². The largest absolute Gasteiger partial charge is 0.0734 e. The summed E-state index contributed by atoms with van der Waals surface area (Å²) >= 11 is 5.03. The highest BCUT2D eigenvalue weighted by atomic mass is 127. The topological polar surface area (TPSA) is 0 Å². The van der Waals surface area contributed by atoms with Crippen LogP contribution in [0.3, 0.4) is 0 Å². The van der Waals surface area contributed by atoms with Crippen LogP contribution in [0.15, 0.2) is 0 Å². The second-order valence-electron chi connectivity index (χ2n) is 1.71. The molecule has 0 aromatic heterocycles. The van der Waals surface area contributed by atoms with Gasteiger partial charge in [-0.25, -0.2) is 0 Å². The Morgan fingerprint density at radius 3 is 1.50 bits per heavy atom. The molecule has 1 saturated carbocycles. The zero-order valence-corrected chi connectivity index (χ0v) is 7.69. The van der Waals surface area contributed by atoms with E-state index in [-0.39, 0.29) is 0 Å². The number of hydrogen-bond acceptors (Lipinski definition) is 0. The van der Waals surface area contributed by atoms with Gasteiger partial charge in [0, 0.05) is 0 Å². The van der Waals surface area contributed by atoms with Gasteiger partial charge in [-0.05, 0) is 19.3 Å². The smallest absolute Gasteiger partial charge is 0.0672 e. The Morgan fingerprint density at radius 2 is 1.50 bits per heavy atom. The summed E-state index contributed by atoms with van der Waals surface area (Å²) in [6.45, 7) is 0. The lowest BCUT2D eigenvalue weighted by atomic mass is 10.0. The van der Waals surface area contributed by atoms with Crippen molar-refractivity contribution < 1.29 is 0 Å². The Morgan fingerprint density at radius 1 is 1.17 bits per heavy atom. The molecule has 0 heterocycles. The van der Waals surface area contributed by atoms with Gasteiger partial charge in [0.15, 0.2) is 0 Å². The zero-order valence-electron chi connectivity index (χ0n) is 3.38. The molecular weight excluding hydrogens is 302 g/mol. The molecule has 2 heteroatoms. The second-order valence-corrected chi connectivity index (χ2v) is 7.90. The van der Waals surface area contributed by atoms with E-state index in [1.165, 1.54) is 19.3 Å². The van der Waals surface area contributed by atoms with Gasteiger partial charge in [-0.2, -0.15) is 0 Å². The van der Waals surface area contributed by atoms with Crippen LogP contribution in [0.25, 0.3) is 0 Å². The molecule has 0 spiro atoms. The minimum atomic E-state index is 0.662. The van der Waals surface area contributed by atoms with E-state index in [1.54, 1.807) is 0 Å². The first kappa shape index (κ1) is 5.59. The first-order chi connectivity index (χ1) is 2.71. The highest BCUT2D eigenvalue weighted by Gasteiger charge is 2.29. The van der Waals surface area contributed by atoms with Gasteiger partial charge in [0.05, 0.1) is 1.43 Å². The van der Waals surface area contributed by atoms with Gasteiger partial charge in [-0.3, -0.25) is 0 Å². The van der Waals surface area contributed by atoms with Crippen molar-refractivity contribution in [2.45, 2.75) is 20.7 Å². The molecule has 0 aromatic rings. The Bertz CT molecular complexity index is 52.6. The number of halogens is 2. The summed E-state index contributed by atoms with van der Waals surface area (Å²) in [5.41, 5.74) is 0. The maximum atomic E-state index is 2.51. The van der Waals surface area contributed by atoms with E-state index in [1.807, 2.05) is 0 Å². The molecular formula is C4H6I2. The molecule has 0 amide bonds. The molecule has 1 aliphatic rings. The highest BCUT2D eigenvalue weighted by Crippen LogP contribution is 2.46. The lowest BCUT2D eigenvalue weighted by molar-refractivity contribution is 0.524. The lowest BCUT2D eigenvalue weighted by Crippen LogP contribution is -2.20. The van der Waals surface area contributed by atoms with Crippen LogP contribution >= 0.6 is 45.2 Å². The van der Waals surface area contributed by atoms with Gasteiger partial charge in [0.2, 0.25) is 0 Å². The molecule has 0 N–H and O–H groups in total. The third-order valence-corrected chi connectivity index (χ3v) is 3.24. The zero-order chi connectivity index (χ0) is 4.62. The minimum Gasteiger partial charge on any atom is -0.0672 e. The molecule has 0 radical (unpaired) electrons. The molecule has 1 aliphatic carbocycles. The van der Waals surface area contributed by atoms with Crippen molar-refractivity contribution in [2.75, 3.05) is 0 Å².